The Balaban J connectivity index is 1.84. The maximum Gasteiger partial charge on any atom is 0.254 e. The molecule has 0 saturated carbocycles. The normalized spacial score (nSPS) is 15.7. The maximum absolute atomic E-state index is 13.0. The molecule has 1 fully saturated rings. The molecule has 0 N–H and O–H groups in total. The summed E-state index contributed by atoms with van der Waals surface area (Å²) in [6.45, 7) is 2.08. The van der Waals surface area contributed by atoms with Crippen LogP contribution in [0.3, 0.4) is 0 Å². The lowest BCUT2D eigenvalue weighted by Gasteiger charge is -2.34. The lowest BCUT2D eigenvalue weighted by Crippen LogP contribution is -2.42. The van der Waals surface area contributed by atoms with E-state index in [0.29, 0.717) is 30.3 Å². The van der Waals surface area contributed by atoms with Crippen LogP contribution >= 0.6 is 22.9 Å². The Morgan fingerprint density at radius 3 is 2.77 bits per heavy atom. The van der Waals surface area contributed by atoms with Crippen LogP contribution in [-0.4, -0.2) is 30.1 Å². The molecule has 0 aliphatic carbocycles. The van der Waals surface area contributed by atoms with Crippen LogP contribution < -0.4 is 0 Å². The molecule has 22 heavy (non-hydrogen) atoms. The van der Waals surface area contributed by atoms with Gasteiger partial charge in [0.15, 0.2) is 0 Å². The van der Waals surface area contributed by atoms with Crippen molar-refractivity contribution in [3.05, 3.63) is 57.2 Å². The Labute approximate surface area is 139 Å². The number of hydrogen-bond donors (Lipinski definition) is 0. The van der Waals surface area contributed by atoms with E-state index in [2.05, 4.69) is 6.07 Å². The molecule has 3 nitrogen and oxygen atoms in total. The van der Waals surface area contributed by atoms with Gasteiger partial charge in [0.05, 0.1) is 6.54 Å². The summed E-state index contributed by atoms with van der Waals surface area (Å²) in [4.78, 5) is 16.1. The first-order valence-corrected chi connectivity index (χ1v) is 8.66. The predicted molar refractivity (Wildman–Crippen MR) is 89.5 cm³/mol. The number of nitrogens with zero attached hydrogens (tertiary/aromatic N) is 1. The SMILES string of the molecule is O=C(c1cccc(Cl)c1)N(Cc1cccs1)C1CCOCC1. The Kier molecular flexibility index (Phi) is 5.13. The van der Waals surface area contributed by atoms with E-state index in [9.17, 15) is 4.79 Å². The molecule has 0 unspecified atom stereocenters. The van der Waals surface area contributed by atoms with Crippen molar-refractivity contribution in [1.29, 1.82) is 0 Å². The number of carbonyl (C=O) groups excluding carboxylic acids is 1. The monoisotopic (exact) mass is 335 g/mol. The number of halogens is 1. The molecule has 5 heteroatoms. The number of ether oxygens (including phenoxy) is 1. The third-order valence-electron chi connectivity index (χ3n) is 3.87. The lowest BCUT2D eigenvalue weighted by molar-refractivity contribution is 0.0270. The molecule has 2 heterocycles. The molecule has 0 spiro atoms. The van der Waals surface area contributed by atoms with Crippen molar-refractivity contribution >= 4 is 28.8 Å². The van der Waals surface area contributed by atoms with Crippen molar-refractivity contribution in [2.24, 2.45) is 0 Å². The fourth-order valence-corrected chi connectivity index (χ4v) is 3.61. The minimum atomic E-state index is 0.0443. The number of rotatable bonds is 4. The van der Waals surface area contributed by atoms with Crippen LogP contribution in [0.2, 0.25) is 5.02 Å². The molecule has 1 aromatic carbocycles. The zero-order valence-electron chi connectivity index (χ0n) is 12.2. The second kappa shape index (κ2) is 7.27. The summed E-state index contributed by atoms with van der Waals surface area (Å²) in [5.41, 5.74) is 0.649. The first-order valence-electron chi connectivity index (χ1n) is 7.41. The molecule has 0 radical (unpaired) electrons. The van der Waals surface area contributed by atoms with Gasteiger partial charge in [-0.2, -0.15) is 0 Å². The molecule has 2 aromatic rings. The van der Waals surface area contributed by atoms with Gasteiger partial charge in [0.25, 0.3) is 5.91 Å². The molecule has 3 rings (SSSR count). The predicted octanol–water partition coefficient (Wildman–Crippen LogP) is 4.22. The largest absolute Gasteiger partial charge is 0.381 e. The summed E-state index contributed by atoms with van der Waals surface area (Å²) in [5, 5.41) is 2.63. The van der Waals surface area contributed by atoms with E-state index >= 15 is 0 Å². The Morgan fingerprint density at radius 1 is 1.27 bits per heavy atom. The van der Waals surface area contributed by atoms with Crippen molar-refractivity contribution in [2.75, 3.05) is 13.2 Å². The van der Waals surface area contributed by atoms with Gasteiger partial charge in [-0.15, -0.1) is 11.3 Å². The zero-order chi connectivity index (χ0) is 15.4. The number of amides is 1. The highest BCUT2D eigenvalue weighted by Crippen LogP contribution is 2.23. The number of carbonyl (C=O) groups is 1. The average Bonchev–Trinajstić information content (AvgIpc) is 3.06. The molecule has 1 aliphatic heterocycles. The summed E-state index contributed by atoms with van der Waals surface area (Å²) in [6, 6.07) is 11.5. The van der Waals surface area contributed by atoms with E-state index in [4.69, 9.17) is 16.3 Å². The van der Waals surface area contributed by atoms with Crippen LogP contribution in [0.5, 0.6) is 0 Å². The molecular formula is C17H18ClNO2S. The Bertz CT molecular complexity index is 623. The van der Waals surface area contributed by atoms with Gasteiger partial charge >= 0.3 is 0 Å². The second-order valence-electron chi connectivity index (χ2n) is 5.37. The number of hydrogen-bond acceptors (Lipinski definition) is 3. The number of thiophene rings is 1. The van der Waals surface area contributed by atoms with Crippen molar-refractivity contribution < 1.29 is 9.53 Å². The van der Waals surface area contributed by atoms with Gasteiger partial charge in [-0.3, -0.25) is 4.79 Å². The van der Waals surface area contributed by atoms with Gasteiger partial charge in [0.2, 0.25) is 0 Å². The third kappa shape index (κ3) is 3.69. The van der Waals surface area contributed by atoms with E-state index in [1.807, 2.05) is 28.5 Å². The van der Waals surface area contributed by atoms with E-state index in [-0.39, 0.29) is 11.9 Å². The molecule has 116 valence electrons. The topological polar surface area (TPSA) is 29.5 Å². The first-order chi connectivity index (χ1) is 10.7. The molecule has 1 aliphatic rings. The summed E-state index contributed by atoms with van der Waals surface area (Å²) < 4.78 is 5.43. The third-order valence-corrected chi connectivity index (χ3v) is 4.97. The first kappa shape index (κ1) is 15.5. The molecule has 0 bridgehead atoms. The van der Waals surface area contributed by atoms with Crippen LogP contribution in [0.15, 0.2) is 41.8 Å². The van der Waals surface area contributed by atoms with Gasteiger partial charge in [0, 0.05) is 34.7 Å². The van der Waals surface area contributed by atoms with Crippen molar-refractivity contribution in [1.82, 2.24) is 4.90 Å². The Hall–Kier alpha value is -1.36. The average molecular weight is 336 g/mol. The second-order valence-corrected chi connectivity index (χ2v) is 6.83. The summed E-state index contributed by atoms with van der Waals surface area (Å²) >= 11 is 7.71. The highest BCUT2D eigenvalue weighted by molar-refractivity contribution is 7.09. The van der Waals surface area contributed by atoms with Crippen molar-refractivity contribution in [2.45, 2.75) is 25.4 Å². The van der Waals surface area contributed by atoms with E-state index in [0.717, 1.165) is 12.8 Å². The van der Waals surface area contributed by atoms with Gasteiger partial charge in [0.1, 0.15) is 0 Å². The van der Waals surface area contributed by atoms with E-state index in [1.54, 1.807) is 23.5 Å². The minimum absolute atomic E-state index is 0.0443. The fourth-order valence-electron chi connectivity index (χ4n) is 2.72. The minimum Gasteiger partial charge on any atom is -0.381 e. The van der Waals surface area contributed by atoms with Crippen LogP contribution in [0.4, 0.5) is 0 Å². The standard InChI is InChI=1S/C17H18ClNO2S/c18-14-4-1-3-13(11-14)17(20)19(12-16-5-2-10-22-16)15-6-8-21-9-7-15/h1-5,10-11,15H,6-9,12H2. The van der Waals surface area contributed by atoms with E-state index < -0.39 is 0 Å². The van der Waals surface area contributed by atoms with Crippen LogP contribution in [0, 0.1) is 0 Å². The van der Waals surface area contributed by atoms with Crippen LogP contribution in [0.1, 0.15) is 28.1 Å². The lowest BCUT2D eigenvalue weighted by atomic mass is 10.0. The highest BCUT2D eigenvalue weighted by Gasteiger charge is 2.27. The molecule has 1 saturated heterocycles. The summed E-state index contributed by atoms with van der Waals surface area (Å²) in [5.74, 6) is 0.0443. The van der Waals surface area contributed by atoms with Gasteiger partial charge in [-0.1, -0.05) is 23.7 Å². The van der Waals surface area contributed by atoms with Crippen LogP contribution in [-0.2, 0) is 11.3 Å². The maximum atomic E-state index is 13.0. The fraction of sp³-hybridized carbons (Fsp3) is 0.353. The van der Waals surface area contributed by atoms with E-state index in [1.165, 1.54) is 4.88 Å². The zero-order valence-corrected chi connectivity index (χ0v) is 13.8. The number of benzene rings is 1. The Morgan fingerprint density at radius 2 is 2.09 bits per heavy atom. The van der Waals surface area contributed by atoms with Gasteiger partial charge in [-0.25, -0.2) is 0 Å². The smallest absolute Gasteiger partial charge is 0.254 e. The summed E-state index contributed by atoms with van der Waals surface area (Å²) in [6.07, 6.45) is 1.77. The quantitative estimate of drug-likeness (QED) is 0.837. The molecule has 1 aromatic heterocycles. The van der Waals surface area contributed by atoms with Crippen molar-refractivity contribution in [3.8, 4) is 0 Å². The molecule has 0 atom stereocenters. The van der Waals surface area contributed by atoms with Gasteiger partial charge in [-0.05, 0) is 42.5 Å². The highest BCUT2D eigenvalue weighted by atomic mass is 35.5. The molecule has 1 amide bonds. The van der Waals surface area contributed by atoms with Crippen molar-refractivity contribution in [3.63, 3.8) is 0 Å². The molecular weight excluding hydrogens is 318 g/mol. The van der Waals surface area contributed by atoms with Crippen LogP contribution in [0.25, 0.3) is 0 Å². The van der Waals surface area contributed by atoms with Gasteiger partial charge < -0.3 is 9.64 Å². The summed E-state index contributed by atoms with van der Waals surface area (Å²) in [7, 11) is 0.